The maximum atomic E-state index is 7.25. The Hall–Kier alpha value is -5.86. The van der Waals surface area contributed by atoms with E-state index in [-0.39, 0.29) is 27.1 Å². The van der Waals surface area contributed by atoms with Crippen LogP contribution in [0.3, 0.4) is 0 Å². The number of anilines is 3. The number of benzene rings is 7. The van der Waals surface area contributed by atoms with E-state index in [1.807, 2.05) is 0 Å². The molecule has 1 aromatic heterocycles. The van der Waals surface area contributed by atoms with E-state index in [2.05, 4.69) is 215 Å². The molecule has 0 spiro atoms. The molecule has 0 fully saturated rings. The van der Waals surface area contributed by atoms with E-state index in [9.17, 15) is 0 Å². The Labute approximate surface area is 362 Å². The largest absolute Gasteiger partial charge is 0.455 e. The monoisotopic (exact) mass is 795 g/mol. The molecule has 2 nitrogen and oxygen atoms in total. The molecule has 0 saturated heterocycles. The Morgan fingerprint density at radius 2 is 1.02 bits per heavy atom. The van der Waals surface area contributed by atoms with Crippen molar-refractivity contribution in [2.45, 2.75) is 110 Å². The molecular formula is C59H57NO. The maximum Gasteiger partial charge on any atom is 0.143 e. The van der Waals surface area contributed by atoms with Crippen LogP contribution in [0.25, 0.3) is 55.3 Å². The average molecular weight is 796 g/mol. The van der Waals surface area contributed by atoms with Crippen LogP contribution < -0.4 is 4.90 Å². The molecule has 2 heteroatoms. The lowest BCUT2D eigenvalue weighted by atomic mass is 9.79. The van der Waals surface area contributed by atoms with Gasteiger partial charge in [-0.1, -0.05) is 180 Å². The molecule has 7 aromatic carbocycles. The minimum absolute atomic E-state index is 0.00433. The van der Waals surface area contributed by atoms with Gasteiger partial charge in [0.15, 0.2) is 0 Å². The number of hydrogen-bond donors (Lipinski definition) is 0. The molecule has 0 atom stereocenters. The highest BCUT2D eigenvalue weighted by Crippen LogP contribution is 2.60. The van der Waals surface area contributed by atoms with Crippen LogP contribution in [0.5, 0.6) is 0 Å². The summed E-state index contributed by atoms with van der Waals surface area (Å²) in [5.74, 6) is 0. The number of rotatable bonds is 3. The molecule has 3 aliphatic rings. The van der Waals surface area contributed by atoms with Crippen LogP contribution in [-0.4, -0.2) is 0 Å². The lowest BCUT2D eigenvalue weighted by Gasteiger charge is -2.34. The second-order valence-corrected chi connectivity index (χ2v) is 21.8. The van der Waals surface area contributed by atoms with Gasteiger partial charge < -0.3 is 9.32 Å². The van der Waals surface area contributed by atoms with Gasteiger partial charge in [0.25, 0.3) is 0 Å². The lowest BCUT2D eigenvalue weighted by molar-refractivity contribution is 0.559. The predicted octanol–water partition coefficient (Wildman–Crippen LogP) is 16.6. The molecule has 0 unspecified atom stereocenters. The Morgan fingerprint density at radius 3 is 1.74 bits per heavy atom. The Kier molecular flexibility index (Phi) is 7.59. The highest BCUT2D eigenvalue weighted by atomic mass is 16.3. The highest BCUT2D eigenvalue weighted by molar-refractivity contribution is 6.13. The van der Waals surface area contributed by atoms with E-state index in [1.165, 1.54) is 106 Å². The molecule has 0 radical (unpaired) electrons. The van der Waals surface area contributed by atoms with Gasteiger partial charge in [-0.15, -0.1) is 0 Å². The van der Waals surface area contributed by atoms with Gasteiger partial charge in [-0.2, -0.15) is 0 Å². The van der Waals surface area contributed by atoms with Crippen molar-refractivity contribution in [1.29, 1.82) is 0 Å². The summed E-state index contributed by atoms with van der Waals surface area (Å²) in [4.78, 5) is 2.60. The van der Waals surface area contributed by atoms with Crippen molar-refractivity contribution in [2.24, 2.45) is 0 Å². The van der Waals surface area contributed by atoms with Crippen LogP contribution >= 0.6 is 0 Å². The fourth-order valence-electron chi connectivity index (χ4n) is 11.6. The fourth-order valence-corrected chi connectivity index (χ4v) is 11.6. The van der Waals surface area contributed by atoms with Gasteiger partial charge in [-0.25, -0.2) is 0 Å². The zero-order valence-electron chi connectivity index (χ0n) is 38.0. The number of fused-ring (bicyclic) bond motifs is 13. The van der Waals surface area contributed by atoms with E-state index in [4.69, 9.17) is 4.42 Å². The summed E-state index contributed by atoms with van der Waals surface area (Å²) < 4.78 is 7.25. The minimum Gasteiger partial charge on any atom is -0.455 e. The molecule has 0 amide bonds. The summed E-state index contributed by atoms with van der Waals surface area (Å²) in [6.07, 6.45) is 0. The Balaban J connectivity index is 1.21. The first kappa shape index (κ1) is 38.1. The van der Waals surface area contributed by atoms with Gasteiger partial charge in [-0.3, -0.25) is 0 Å². The standard InChI is InChI=1S/C59H57NO/c1-55(2,3)34-31-41-38-29-30-45-51(54(38)61-53(41)47(32-34)56(4,5)6)40-21-17-26-49(52(40)59(45,11)12)60(35-27-28-37-36-19-13-15-22-42(36)58(9,10)46(37)33-35)48-25-18-24-44-50(48)39-20-14-16-23-43(39)57(44,7)8/h13-33H,1-12H3. The molecular weight excluding hydrogens is 739 g/mol. The van der Waals surface area contributed by atoms with Crippen molar-refractivity contribution < 1.29 is 4.42 Å². The average Bonchev–Trinajstić information content (AvgIpc) is 3.86. The third kappa shape index (κ3) is 5.08. The summed E-state index contributed by atoms with van der Waals surface area (Å²) in [5, 5.41) is 2.40. The molecule has 8 aromatic rings. The first-order valence-corrected chi connectivity index (χ1v) is 22.3. The van der Waals surface area contributed by atoms with Gasteiger partial charge in [0, 0.05) is 49.4 Å². The highest BCUT2D eigenvalue weighted by Gasteiger charge is 2.44. The molecule has 1 heterocycles. The van der Waals surface area contributed by atoms with Crippen LogP contribution in [0.4, 0.5) is 17.1 Å². The van der Waals surface area contributed by atoms with Gasteiger partial charge in [0.2, 0.25) is 0 Å². The Bertz CT molecular complexity index is 3190. The second kappa shape index (κ2) is 12.2. The summed E-state index contributed by atoms with van der Waals surface area (Å²) in [6, 6.07) is 48.8. The van der Waals surface area contributed by atoms with Crippen LogP contribution in [0.15, 0.2) is 132 Å². The van der Waals surface area contributed by atoms with Crippen molar-refractivity contribution in [3.05, 3.63) is 172 Å². The summed E-state index contributed by atoms with van der Waals surface area (Å²) in [6.45, 7) is 28.3. The second-order valence-electron chi connectivity index (χ2n) is 21.8. The smallest absolute Gasteiger partial charge is 0.143 e. The van der Waals surface area contributed by atoms with Crippen LogP contribution in [0, 0.1) is 0 Å². The van der Waals surface area contributed by atoms with Crippen molar-refractivity contribution in [1.82, 2.24) is 0 Å². The normalized spacial score (nSPS) is 16.3. The minimum atomic E-state index is -0.322. The van der Waals surface area contributed by atoms with Crippen LogP contribution in [0.2, 0.25) is 0 Å². The zero-order chi connectivity index (χ0) is 42.8. The number of nitrogens with zero attached hydrogens (tertiary/aromatic N) is 1. The summed E-state index contributed by atoms with van der Waals surface area (Å²) >= 11 is 0. The van der Waals surface area contributed by atoms with E-state index in [0.29, 0.717) is 0 Å². The summed E-state index contributed by atoms with van der Waals surface area (Å²) in [7, 11) is 0. The number of furan rings is 1. The van der Waals surface area contributed by atoms with Crippen molar-refractivity contribution >= 4 is 39.0 Å². The summed E-state index contributed by atoms with van der Waals surface area (Å²) in [5.41, 5.74) is 23.5. The van der Waals surface area contributed by atoms with E-state index in [1.54, 1.807) is 0 Å². The maximum absolute atomic E-state index is 7.25. The first-order valence-electron chi connectivity index (χ1n) is 22.3. The molecule has 3 aliphatic carbocycles. The number of hydrogen-bond acceptors (Lipinski definition) is 2. The molecule has 0 N–H and O–H groups in total. The van der Waals surface area contributed by atoms with Crippen LogP contribution in [-0.2, 0) is 27.1 Å². The topological polar surface area (TPSA) is 16.4 Å². The molecule has 0 aliphatic heterocycles. The van der Waals surface area contributed by atoms with Gasteiger partial charge >= 0.3 is 0 Å². The van der Waals surface area contributed by atoms with E-state index >= 15 is 0 Å². The van der Waals surface area contributed by atoms with Crippen molar-refractivity contribution in [3.63, 3.8) is 0 Å². The fraction of sp³-hybridized carbons (Fsp3) is 0.288. The first-order chi connectivity index (χ1) is 28.8. The lowest BCUT2D eigenvalue weighted by Crippen LogP contribution is -2.22. The van der Waals surface area contributed by atoms with Crippen molar-refractivity contribution in [2.75, 3.05) is 4.90 Å². The molecule has 11 rings (SSSR count). The van der Waals surface area contributed by atoms with Gasteiger partial charge in [-0.05, 0) is 102 Å². The van der Waals surface area contributed by atoms with Gasteiger partial charge in [0.1, 0.15) is 11.2 Å². The predicted molar refractivity (Wildman–Crippen MR) is 258 cm³/mol. The molecule has 304 valence electrons. The molecule has 0 bridgehead atoms. The third-order valence-corrected chi connectivity index (χ3v) is 14.9. The van der Waals surface area contributed by atoms with Crippen molar-refractivity contribution in [3.8, 4) is 33.4 Å². The molecule has 61 heavy (non-hydrogen) atoms. The van der Waals surface area contributed by atoms with E-state index in [0.717, 1.165) is 11.2 Å². The third-order valence-electron chi connectivity index (χ3n) is 14.9. The van der Waals surface area contributed by atoms with Crippen LogP contribution in [0.1, 0.15) is 128 Å². The molecule has 0 saturated carbocycles. The Morgan fingerprint density at radius 1 is 0.426 bits per heavy atom. The SMILES string of the molecule is CC(C)(C)c1cc(C(C)(C)C)c2oc3c4c(ccc3c2c1)C(C)(C)c1c-4cccc1N(c1ccc2c(c1)C(C)(C)c1ccccc1-2)c1cccc2c1-c1ccccc1C2(C)C. The van der Waals surface area contributed by atoms with Gasteiger partial charge in [0.05, 0.1) is 11.4 Å². The zero-order valence-corrected chi connectivity index (χ0v) is 38.0. The quantitative estimate of drug-likeness (QED) is 0.177. The van der Waals surface area contributed by atoms with E-state index < -0.39 is 0 Å².